The second kappa shape index (κ2) is 6.93. The van der Waals surface area contributed by atoms with Crippen LogP contribution in [0.15, 0.2) is 60.8 Å². The fraction of sp³-hybridized carbons (Fsp3) is 0.105. The molecule has 6 heteroatoms. The van der Waals surface area contributed by atoms with Gasteiger partial charge in [-0.3, -0.25) is 0 Å². The van der Waals surface area contributed by atoms with Gasteiger partial charge in [-0.15, -0.1) is 0 Å². The summed E-state index contributed by atoms with van der Waals surface area (Å²) in [6, 6.07) is 15.4. The summed E-state index contributed by atoms with van der Waals surface area (Å²) in [5.41, 5.74) is -0.107. The highest BCUT2D eigenvalue weighted by molar-refractivity contribution is 5.77. The first-order chi connectivity index (χ1) is 12.0. The minimum Gasteiger partial charge on any atom is -0.365 e. The third-order valence-electron chi connectivity index (χ3n) is 3.67. The van der Waals surface area contributed by atoms with Crippen LogP contribution in [-0.2, 0) is 12.7 Å². The van der Waals surface area contributed by atoms with Crippen LogP contribution in [0.2, 0.25) is 0 Å². The highest BCUT2D eigenvalue weighted by Gasteiger charge is 2.33. The quantitative estimate of drug-likeness (QED) is 0.648. The molecule has 0 unspecified atom stereocenters. The normalized spacial score (nSPS) is 11.4. The average molecular weight is 345 g/mol. The Hall–Kier alpha value is -2.89. The minimum absolute atomic E-state index is 0.00427. The Morgan fingerprint density at radius 1 is 1.00 bits per heavy atom. The molecule has 0 bridgehead atoms. The number of benzene rings is 2. The molecule has 127 valence electrons. The van der Waals surface area contributed by atoms with Gasteiger partial charge < -0.3 is 5.32 Å². The van der Waals surface area contributed by atoms with E-state index in [4.69, 9.17) is 0 Å². The van der Waals surface area contributed by atoms with Crippen molar-refractivity contribution in [2.75, 3.05) is 5.32 Å². The van der Waals surface area contributed by atoms with E-state index in [1.54, 1.807) is 30.3 Å². The summed E-state index contributed by atoms with van der Waals surface area (Å²) in [6.07, 6.45) is -3.04. The second-order valence-corrected chi connectivity index (χ2v) is 5.31. The van der Waals surface area contributed by atoms with E-state index in [9.17, 15) is 17.6 Å². The zero-order chi connectivity index (χ0) is 17.9. The zero-order valence-corrected chi connectivity index (χ0v) is 12.9. The number of anilines is 1. The van der Waals surface area contributed by atoms with Crippen molar-refractivity contribution in [2.24, 2.45) is 0 Å². The molecule has 0 saturated heterocycles. The Morgan fingerprint density at radius 2 is 1.80 bits per heavy atom. The van der Waals surface area contributed by atoms with Crippen molar-refractivity contribution in [3.63, 3.8) is 0 Å². The molecule has 1 aromatic heterocycles. The van der Waals surface area contributed by atoms with Gasteiger partial charge in [-0.05, 0) is 35.9 Å². The Labute approximate surface area is 142 Å². The summed E-state index contributed by atoms with van der Waals surface area (Å²) in [6.45, 7) is 0.108. The van der Waals surface area contributed by atoms with E-state index in [1.807, 2.05) is 0 Å². The maximum Gasteiger partial charge on any atom is 0.417 e. The number of halogens is 4. The lowest BCUT2D eigenvalue weighted by Gasteiger charge is -2.16. The monoisotopic (exact) mass is 345 g/mol. The van der Waals surface area contributed by atoms with Crippen LogP contribution < -0.4 is 5.32 Å². The van der Waals surface area contributed by atoms with Crippen molar-refractivity contribution in [3.05, 3.63) is 83.8 Å². The van der Waals surface area contributed by atoms with Gasteiger partial charge in [-0.2, -0.15) is 13.2 Å². The fourth-order valence-corrected chi connectivity index (χ4v) is 2.48. The van der Waals surface area contributed by atoms with Gasteiger partial charge in [0.2, 0.25) is 0 Å². The van der Waals surface area contributed by atoms with Gasteiger partial charge in [0.05, 0.1) is 5.56 Å². The predicted octanol–water partition coefficient (Wildman–Crippen LogP) is 5.32. The van der Waals surface area contributed by atoms with Gasteiger partial charge in [-0.1, -0.05) is 30.3 Å². The standard InChI is InChI=1S/C19H13F4N2/c20-17-10-4-1-6-13(17)12-25-18-15(8-5-11-24-18)14-7-2-3-9-16(14)19(21,22)23/h1-2,4-11H,12H2,(H,24,25). The molecule has 2 aromatic carbocycles. The zero-order valence-electron chi connectivity index (χ0n) is 12.9. The smallest absolute Gasteiger partial charge is 0.365 e. The number of pyridine rings is 1. The van der Waals surface area contributed by atoms with Crippen molar-refractivity contribution >= 4 is 5.82 Å². The number of alkyl halides is 3. The highest BCUT2D eigenvalue weighted by atomic mass is 19.4. The topological polar surface area (TPSA) is 24.9 Å². The van der Waals surface area contributed by atoms with Gasteiger partial charge in [0, 0.05) is 23.9 Å². The molecule has 3 aromatic rings. The summed E-state index contributed by atoms with van der Waals surface area (Å²) < 4.78 is 53.5. The Balaban J connectivity index is 1.97. The Kier molecular flexibility index (Phi) is 4.70. The second-order valence-electron chi connectivity index (χ2n) is 5.31. The molecule has 0 fully saturated rings. The lowest BCUT2D eigenvalue weighted by Crippen LogP contribution is -2.09. The SMILES string of the molecule is Fc1ccccc1CNc1ncccc1-c1cc[c]cc1C(F)(F)F. The molecule has 0 spiro atoms. The van der Waals surface area contributed by atoms with E-state index in [0.29, 0.717) is 11.1 Å². The van der Waals surface area contributed by atoms with Crippen LogP contribution in [0.25, 0.3) is 11.1 Å². The van der Waals surface area contributed by atoms with Crippen LogP contribution in [0.1, 0.15) is 11.1 Å². The molecule has 3 rings (SSSR count). The van der Waals surface area contributed by atoms with Crippen LogP contribution in [0, 0.1) is 11.9 Å². The molecule has 0 amide bonds. The predicted molar refractivity (Wildman–Crippen MR) is 87.2 cm³/mol. The molecule has 25 heavy (non-hydrogen) atoms. The van der Waals surface area contributed by atoms with E-state index >= 15 is 0 Å². The first kappa shape index (κ1) is 17.0. The van der Waals surface area contributed by atoms with Gasteiger partial charge >= 0.3 is 6.18 Å². The summed E-state index contributed by atoms with van der Waals surface area (Å²) in [5, 5.41) is 2.92. The van der Waals surface area contributed by atoms with Gasteiger partial charge in [0.15, 0.2) is 0 Å². The third-order valence-corrected chi connectivity index (χ3v) is 3.67. The van der Waals surface area contributed by atoms with E-state index in [-0.39, 0.29) is 17.9 Å². The number of nitrogens with zero attached hydrogens (tertiary/aromatic N) is 1. The molecular weight excluding hydrogens is 332 g/mol. The van der Waals surface area contributed by atoms with E-state index in [1.165, 1.54) is 24.4 Å². The molecule has 0 aliphatic heterocycles. The van der Waals surface area contributed by atoms with E-state index < -0.39 is 17.6 Å². The number of hydrogen-bond acceptors (Lipinski definition) is 2. The van der Waals surface area contributed by atoms with Crippen molar-refractivity contribution in [1.29, 1.82) is 0 Å². The van der Waals surface area contributed by atoms with Gasteiger partial charge in [-0.25, -0.2) is 9.37 Å². The van der Waals surface area contributed by atoms with Crippen LogP contribution in [0.5, 0.6) is 0 Å². The van der Waals surface area contributed by atoms with Crippen LogP contribution in [-0.4, -0.2) is 4.98 Å². The maximum atomic E-state index is 13.7. The minimum atomic E-state index is -4.51. The molecule has 0 aliphatic rings. The number of rotatable bonds is 4. The maximum absolute atomic E-state index is 13.7. The van der Waals surface area contributed by atoms with E-state index in [2.05, 4.69) is 16.4 Å². The third kappa shape index (κ3) is 3.79. The summed E-state index contributed by atoms with van der Waals surface area (Å²) in [5.74, 6) is -0.139. The largest absolute Gasteiger partial charge is 0.417 e. The summed E-state index contributed by atoms with van der Waals surface area (Å²) >= 11 is 0. The molecule has 0 atom stereocenters. The summed E-state index contributed by atoms with van der Waals surface area (Å²) in [4.78, 5) is 4.11. The first-order valence-corrected chi connectivity index (χ1v) is 7.47. The number of aromatic nitrogens is 1. The molecule has 0 aliphatic carbocycles. The van der Waals surface area contributed by atoms with Crippen molar-refractivity contribution in [3.8, 4) is 11.1 Å². The van der Waals surface area contributed by atoms with Crippen LogP contribution in [0.3, 0.4) is 0 Å². The van der Waals surface area contributed by atoms with Gasteiger partial charge in [0.1, 0.15) is 11.6 Å². The number of nitrogens with one attached hydrogen (secondary N) is 1. The molecule has 2 nitrogen and oxygen atoms in total. The van der Waals surface area contributed by atoms with E-state index in [0.717, 1.165) is 6.07 Å². The first-order valence-electron chi connectivity index (χ1n) is 7.47. The molecular formula is C19H13F4N2. The van der Waals surface area contributed by atoms with Crippen LogP contribution >= 0.6 is 0 Å². The van der Waals surface area contributed by atoms with Crippen molar-refractivity contribution in [2.45, 2.75) is 12.7 Å². The fourth-order valence-electron chi connectivity index (χ4n) is 2.48. The molecule has 1 heterocycles. The highest BCUT2D eigenvalue weighted by Crippen LogP contribution is 2.38. The molecule has 1 radical (unpaired) electrons. The average Bonchev–Trinajstić information content (AvgIpc) is 2.61. The lowest BCUT2D eigenvalue weighted by molar-refractivity contribution is -0.137. The molecule has 1 N–H and O–H groups in total. The van der Waals surface area contributed by atoms with Gasteiger partial charge in [0.25, 0.3) is 0 Å². The van der Waals surface area contributed by atoms with Crippen molar-refractivity contribution < 1.29 is 17.6 Å². The Bertz CT molecular complexity index is 875. The van der Waals surface area contributed by atoms with Crippen LogP contribution in [0.4, 0.5) is 23.4 Å². The molecule has 0 saturated carbocycles. The van der Waals surface area contributed by atoms with Crippen molar-refractivity contribution in [1.82, 2.24) is 4.98 Å². The lowest BCUT2D eigenvalue weighted by atomic mass is 9.99. The Morgan fingerprint density at radius 3 is 2.56 bits per heavy atom. The number of hydrogen-bond donors (Lipinski definition) is 1. The summed E-state index contributed by atoms with van der Waals surface area (Å²) in [7, 11) is 0.